The summed E-state index contributed by atoms with van der Waals surface area (Å²) in [4.78, 5) is 154. The predicted molar refractivity (Wildman–Crippen MR) is 316 cm³/mol. The van der Waals surface area contributed by atoms with Crippen molar-refractivity contribution in [3.63, 3.8) is 0 Å². The van der Waals surface area contributed by atoms with Crippen molar-refractivity contribution in [2.24, 2.45) is 28.5 Å². The molecule has 0 radical (unpaired) electrons. The highest BCUT2D eigenvalue weighted by Crippen LogP contribution is 2.37. The van der Waals surface area contributed by atoms with Crippen LogP contribution >= 0.6 is 21.6 Å². The van der Waals surface area contributed by atoms with Gasteiger partial charge < -0.3 is 64.4 Å². The van der Waals surface area contributed by atoms with Crippen molar-refractivity contribution in [3.8, 4) is 5.75 Å². The van der Waals surface area contributed by atoms with E-state index in [2.05, 4.69) is 37.2 Å². The lowest BCUT2D eigenvalue weighted by atomic mass is 9.83. The van der Waals surface area contributed by atoms with E-state index < -0.39 is 130 Å². The van der Waals surface area contributed by atoms with Crippen LogP contribution < -0.4 is 54.4 Å². The molecule has 2 fully saturated rings. The summed E-state index contributed by atoms with van der Waals surface area (Å²) in [6.07, 6.45) is 0.952. The highest BCUT2D eigenvalue weighted by Gasteiger charge is 2.42. The highest BCUT2D eigenvalue weighted by atomic mass is 33.1. The second-order valence-electron chi connectivity index (χ2n) is 21.3. The number of carbonyl (C=O) groups excluding carboxylic acids is 10. The van der Waals surface area contributed by atoms with E-state index in [0.717, 1.165) is 10.8 Å². The third kappa shape index (κ3) is 19.4. The van der Waals surface area contributed by atoms with E-state index in [0.29, 0.717) is 36.0 Å². The van der Waals surface area contributed by atoms with Gasteiger partial charge in [0, 0.05) is 49.4 Å². The maximum Gasteiger partial charge on any atom is 0.269 e. The molecule has 5 rings (SSSR count). The lowest BCUT2D eigenvalue weighted by Crippen LogP contribution is -2.62. The van der Waals surface area contributed by atoms with Crippen molar-refractivity contribution >= 4 is 86.3 Å². The van der Waals surface area contributed by atoms with Crippen LogP contribution in [0, 0.1) is 21.4 Å². The molecule has 456 valence electrons. The number of likely N-dealkylation sites (tertiary alicyclic amines) is 1. The van der Waals surface area contributed by atoms with Crippen LogP contribution in [0.3, 0.4) is 0 Å². The van der Waals surface area contributed by atoms with Gasteiger partial charge in [-0.3, -0.25) is 58.1 Å². The minimum atomic E-state index is -1.70. The Labute approximate surface area is 495 Å². The molecule has 3 aromatic carbocycles. The summed E-state index contributed by atoms with van der Waals surface area (Å²) in [5, 5.41) is 40.3. The SMILES string of the molecule is CCC1(CC)CSSC[C@@H](C(=O)N2CCC[C@H]2C(=O)N[C@@H](CCCCN)C(=O)N[C@@H](Cc2ccc(O)cc2)C(N)=O)NC(=O)[C@H](CC(N)=O)NC(=O)[C@H](C(C)C)NC(=O)[C@H](Cc2ccccc2)NC(=O)[C@H](Cc2ccc([N+](=O)[O-])cc2)NC1=O. The molecule has 8 atom stereocenters. The van der Waals surface area contributed by atoms with Gasteiger partial charge in [0.25, 0.3) is 5.69 Å². The van der Waals surface area contributed by atoms with E-state index in [1.165, 1.54) is 52.1 Å². The smallest absolute Gasteiger partial charge is 0.269 e. The number of benzene rings is 3. The fourth-order valence-electron chi connectivity index (χ4n) is 9.76. The Kier molecular flexibility index (Phi) is 25.8. The van der Waals surface area contributed by atoms with Crippen molar-refractivity contribution < 1.29 is 58.0 Å². The first-order valence-electron chi connectivity index (χ1n) is 28.0. The second-order valence-corrected chi connectivity index (χ2v) is 23.8. The van der Waals surface area contributed by atoms with Gasteiger partial charge in [0.15, 0.2) is 0 Å². The van der Waals surface area contributed by atoms with Gasteiger partial charge in [-0.1, -0.05) is 104 Å². The molecule has 0 bridgehead atoms. The number of phenolic OH excluding ortho intramolecular Hbond substituents is 1. The number of rotatable bonds is 22. The van der Waals surface area contributed by atoms with Crippen molar-refractivity contribution in [3.05, 3.63) is 106 Å². The second kappa shape index (κ2) is 32.3. The van der Waals surface area contributed by atoms with E-state index in [-0.39, 0.29) is 81.0 Å². The van der Waals surface area contributed by atoms with Crippen LogP contribution in [0.5, 0.6) is 5.75 Å². The Balaban J connectivity index is 1.50. The lowest BCUT2D eigenvalue weighted by molar-refractivity contribution is -0.384. The zero-order valence-electron chi connectivity index (χ0n) is 47.6. The monoisotopic (exact) mass is 1200 g/mol. The molecule has 2 aliphatic rings. The number of amides is 10. The topological polar surface area (TPSA) is 400 Å². The summed E-state index contributed by atoms with van der Waals surface area (Å²) >= 11 is 0. The molecule has 84 heavy (non-hydrogen) atoms. The maximum atomic E-state index is 15.0. The zero-order valence-corrected chi connectivity index (χ0v) is 49.2. The molecule has 0 aromatic heterocycles. The number of unbranched alkanes of at least 4 members (excludes halogenated alkanes) is 1. The van der Waals surface area contributed by atoms with Crippen LogP contribution in [0.2, 0.25) is 0 Å². The van der Waals surface area contributed by atoms with Crippen molar-refractivity contribution in [2.45, 2.75) is 147 Å². The molecule has 0 saturated carbocycles. The average Bonchev–Trinajstić information content (AvgIpc) is 3.72. The van der Waals surface area contributed by atoms with Crippen LogP contribution in [0.25, 0.3) is 0 Å². The molecule has 2 aliphatic heterocycles. The normalized spacial score (nSPS) is 21.7. The van der Waals surface area contributed by atoms with E-state index >= 15 is 0 Å². The summed E-state index contributed by atoms with van der Waals surface area (Å²) in [6.45, 7) is 7.13. The van der Waals surface area contributed by atoms with Crippen LogP contribution in [-0.4, -0.2) is 147 Å². The van der Waals surface area contributed by atoms with Crippen LogP contribution in [-0.2, 0) is 67.2 Å². The van der Waals surface area contributed by atoms with Crippen molar-refractivity contribution in [1.29, 1.82) is 0 Å². The molecule has 2 saturated heterocycles. The van der Waals surface area contributed by atoms with E-state index in [1.54, 1.807) is 70.2 Å². The third-order valence-corrected chi connectivity index (χ3v) is 17.5. The number of hydrogen-bond acceptors (Lipinski definition) is 16. The Morgan fingerprint density at radius 3 is 1.94 bits per heavy atom. The lowest BCUT2D eigenvalue weighted by Gasteiger charge is -2.33. The fraction of sp³-hybridized carbons (Fsp3) is 0.509. The Bertz CT molecular complexity index is 2810. The molecular weight excluding hydrogens is 1120 g/mol. The van der Waals surface area contributed by atoms with Gasteiger partial charge in [-0.15, -0.1) is 0 Å². The van der Waals surface area contributed by atoms with Gasteiger partial charge in [-0.25, -0.2) is 0 Å². The number of nitro groups is 1. The molecule has 25 nitrogen and oxygen atoms in total. The largest absolute Gasteiger partial charge is 0.508 e. The molecule has 0 unspecified atom stereocenters. The zero-order chi connectivity index (χ0) is 61.7. The number of nitrogens with two attached hydrogens (primary N) is 3. The Hall–Kier alpha value is -7.78. The van der Waals surface area contributed by atoms with E-state index in [9.17, 15) is 63.2 Å². The standard InChI is InChI=1S/C57H78N12O13S2/c1-5-57(6-2)32-84-83-31-44(55(79)68-26-12-16-45(68)53(77)61-39(15-10-11-25-58)49(73)62-40(48(60)72)27-36-19-23-38(70)24-20-36)65-51(75)43(30-46(59)71)64-54(78)47(33(3)4)67-52(76)41(28-34-13-8-7-9-14-34)63-50(74)42(66-56(57)80)29-35-17-21-37(22-18-35)69(81)82/h7-9,13-14,17-24,33,39-45,47,70H,5-6,10-12,15-16,25-32,58H2,1-4H3,(H2,59,71)(H2,60,72)(H,61,77)(H,62,73)(H,63,74)(H,64,78)(H,65,75)(H,66,80)(H,67,76)/t39-,40-,41-,42-,43-,44-,45-,47-/m0/s1. The summed E-state index contributed by atoms with van der Waals surface area (Å²) < 4.78 is 0. The number of nitrogens with zero attached hydrogens (tertiary/aromatic N) is 2. The van der Waals surface area contributed by atoms with Crippen molar-refractivity contribution in [2.75, 3.05) is 24.6 Å². The predicted octanol–water partition coefficient (Wildman–Crippen LogP) is 1.06. The van der Waals surface area contributed by atoms with Gasteiger partial charge in [0.1, 0.15) is 54.1 Å². The van der Waals surface area contributed by atoms with Crippen LogP contribution in [0.1, 0.15) is 95.8 Å². The minimum Gasteiger partial charge on any atom is -0.508 e. The minimum absolute atomic E-state index is 0.00881. The average molecular weight is 1200 g/mol. The third-order valence-electron chi connectivity index (χ3n) is 15.0. The van der Waals surface area contributed by atoms with Crippen molar-refractivity contribution in [1.82, 2.24) is 42.1 Å². The van der Waals surface area contributed by atoms with Crippen LogP contribution in [0.4, 0.5) is 5.69 Å². The molecule has 2 heterocycles. The fourth-order valence-corrected chi connectivity index (χ4v) is 12.7. The maximum absolute atomic E-state index is 15.0. The number of carbonyl (C=O) groups is 10. The molecule has 3 aromatic rings. The quantitative estimate of drug-likeness (QED) is 0.0290. The summed E-state index contributed by atoms with van der Waals surface area (Å²) in [6, 6.07) is 9.22. The number of hydrogen-bond donors (Lipinski definition) is 11. The summed E-state index contributed by atoms with van der Waals surface area (Å²) in [7, 11) is 2.29. The van der Waals surface area contributed by atoms with Gasteiger partial charge in [0.2, 0.25) is 59.1 Å². The first-order chi connectivity index (χ1) is 40.0. The number of aromatic hydroxyl groups is 1. The summed E-state index contributed by atoms with van der Waals surface area (Å²) in [5.41, 5.74) is 17.4. The number of nitro benzene ring substituents is 1. The summed E-state index contributed by atoms with van der Waals surface area (Å²) in [5.74, 6) is -8.88. The number of primary amides is 2. The van der Waals surface area contributed by atoms with Crippen LogP contribution in [0.15, 0.2) is 78.9 Å². The molecule has 14 N–H and O–H groups in total. The van der Waals surface area contributed by atoms with Gasteiger partial charge in [-0.2, -0.15) is 0 Å². The number of nitrogens with one attached hydrogen (secondary N) is 7. The molecular formula is C57H78N12O13S2. The first kappa shape index (κ1) is 67.0. The molecule has 0 spiro atoms. The molecule has 0 aliphatic carbocycles. The van der Waals surface area contributed by atoms with E-state index in [4.69, 9.17) is 17.2 Å². The van der Waals surface area contributed by atoms with E-state index in [1.807, 2.05) is 0 Å². The Morgan fingerprint density at radius 1 is 0.750 bits per heavy atom. The Morgan fingerprint density at radius 2 is 1.35 bits per heavy atom. The van der Waals surface area contributed by atoms with Gasteiger partial charge in [-0.05, 0) is 86.2 Å². The first-order valence-corrected chi connectivity index (χ1v) is 30.5. The van der Waals surface area contributed by atoms with Gasteiger partial charge >= 0.3 is 0 Å². The molecule has 27 heteroatoms. The number of non-ortho nitro benzene ring substituents is 1. The highest BCUT2D eigenvalue weighted by molar-refractivity contribution is 8.76. The number of phenols is 1. The molecule has 10 amide bonds. The van der Waals surface area contributed by atoms with Gasteiger partial charge in [0.05, 0.1) is 16.8 Å².